The van der Waals surface area contributed by atoms with Gasteiger partial charge in [0.1, 0.15) is 0 Å². The molecule has 0 heterocycles. The van der Waals surface area contributed by atoms with Gasteiger partial charge < -0.3 is 5.73 Å². The molecule has 94 valence electrons. The van der Waals surface area contributed by atoms with Crippen molar-refractivity contribution in [3.05, 3.63) is 0 Å². The molecule has 2 nitrogen and oxygen atoms in total. The fraction of sp³-hybridized carbons (Fsp3) is 1.00. The Morgan fingerprint density at radius 3 is 2.50 bits per heavy atom. The van der Waals surface area contributed by atoms with Crippen molar-refractivity contribution in [2.24, 2.45) is 23.5 Å². The lowest BCUT2D eigenvalue weighted by molar-refractivity contribution is 0.102. The third-order valence-electron chi connectivity index (χ3n) is 5.52. The molecule has 16 heavy (non-hydrogen) atoms. The first-order valence-electron chi connectivity index (χ1n) is 7.00. The Labute approximate surface area is 101 Å². The molecule has 2 aliphatic rings. The predicted octanol–water partition coefficient (Wildman–Crippen LogP) is 2.48. The van der Waals surface area contributed by atoms with Crippen molar-refractivity contribution >= 4 is 0 Å². The molecule has 2 heteroatoms. The van der Waals surface area contributed by atoms with Crippen molar-refractivity contribution < 1.29 is 0 Å². The van der Waals surface area contributed by atoms with E-state index >= 15 is 0 Å². The average molecular weight is 224 g/mol. The number of fused-ring (bicyclic) bond motifs is 2. The van der Waals surface area contributed by atoms with Gasteiger partial charge >= 0.3 is 0 Å². The van der Waals surface area contributed by atoms with Crippen LogP contribution >= 0.6 is 0 Å². The minimum Gasteiger partial charge on any atom is -0.329 e. The highest BCUT2D eigenvalue weighted by atomic mass is 15.2. The van der Waals surface area contributed by atoms with Crippen molar-refractivity contribution in [1.29, 1.82) is 0 Å². The van der Waals surface area contributed by atoms with Crippen LogP contribution in [0.2, 0.25) is 0 Å². The molecule has 0 aromatic carbocycles. The zero-order chi connectivity index (χ0) is 11.8. The van der Waals surface area contributed by atoms with Crippen LogP contribution in [0.5, 0.6) is 0 Å². The lowest BCUT2D eigenvalue weighted by Gasteiger charge is -2.40. The van der Waals surface area contributed by atoms with Gasteiger partial charge in [0.2, 0.25) is 0 Å². The van der Waals surface area contributed by atoms with Gasteiger partial charge in [-0.25, -0.2) is 0 Å². The van der Waals surface area contributed by atoms with Gasteiger partial charge in [0.25, 0.3) is 0 Å². The summed E-state index contributed by atoms with van der Waals surface area (Å²) in [5.41, 5.74) is 6.14. The van der Waals surface area contributed by atoms with Gasteiger partial charge in [-0.15, -0.1) is 0 Å². The smallest absolute Gasteiger partial charge is 0.0298 e. The van der Waals surface area contributed by atoms with Gasteiger partial charge in [-0.2, -0.15) is 0 Å². The maximum Gasteiger partial charge on any atom is 0.0298 e. The largest absolute Gasteiger partial charge is 0.329 e. The molecule has 2 bridgehead atoms. The molecule has 2 saturated carbocycles. The van der Waals surface area contributed by atoms with E-state index in [1.165, 1.54) is 32.2 Å². The zero-order valence-electron chi connectivity index (χ0n) is 11.2. The molecule has 0 radical (unpaired) electrons. The summed E-state index contributed by atoms with van der Waals surface area (Å²) in [7, 11) is 2.27. The normalized spacial score (nSPS) is 36.9. The van der Waals surface area contributed by atoms with Crippen LogP contribution in [0.3, 0.4) is 0 Å². The topological polar surface area (TPSA) is 29.3 Å². The highest BCUT2D eigenvalue weighted by Crippen LogP contribution is 2.48. The minimum absolute atomic E-state index is 0.210. The van der Waals surface area contributed by atoms with Crippen LogP contribution in [0.15, 0.2) is 0 Å². The summed E-state index contributed by atoms with van der Waals surface area (Å²) in [6.07, 6.45) is 7.16. The highest BCUT2D eigenvalue weighted by Gasteiger charge is 2.41. The van der Waals surface area contributed by atoms with Crippen LogP contribution in [0.4, 0.5) is 0 Å². The molecule has 0 aliphatic heterocycles. The van der Waals surface area contributed by atoms with Gasteiger partial charge in [-0.05, 0) is 57.4 Å². The minimum atomic E-state index is 0.210. The number of nitrogens with zero attached hydrogens (tertiary/aromatic N) is 1. The van der Waals surface area contributed by atoms with Crippen molar-refractivity contribution in [1.82, 2.24) is 4.90 Å². The summed E-state index contributed by atoms with van der Waals surface area (Å²) in [5.74, 6) is 3.06. The Hall–Kier alpha value is -0.0800. The first-order chi connectivity index (χ1) is 7.59. The standard InChI is InChI=1S/C14H28N2/c1-4-14(2,10-15)16(3)9-13-8-11-5-6-12(13)7-11/h11-13H,4-10,15H2,1-3H3. The molecule has 0 saturated heterocycles. The lowest BCUT2D eigenvalue weighted by atomic mass is 9.86. The highest BCUT2D eigenvalue weighted by molar-refractivity contribution is 4.93. The summed E-state index contributed by atoms with van der Waals surface area (Å²) in [6, 6.07) is 0. The average Bonchev–Trinajstić information content (AvgIpc) is 2.89. The maximum atomic E-state index is 5.93. The summed E-state index contributed by atoms with van der Waals surface area (Å²) in [5, 5.41) is 0. The molecule has 4 unspecified atom stereocenters. The van der Waals surface area contributed by atoms with E-state index in [4.69, 9.17) is 5.73 Å². The molecular formula is C14H28N2. The summed E-state index contributed by atoms with van der Waals surface area (Å²) >= 11 is 0. The van der Waals surface area contributed by atoms with Crippen LogP contribution in [0, 0.1) is 17.8 Å². The van der Waals surface area contributed by atoms with Crippen molar-refractivity contribution in [3.63, 3.8) is 0 Å². The maximum absolute atomic E-state index is 5.93. The number of nitrogens with two attached hydrogens (primary N) is 1. The van der Waals surface area contributed by atoms with Crippen LogP contribution in [0.1, 0.15) is 46.0 Å². The molecule has 0 aromatic heterocycles. The van der Waals surface area contributed by atoms with Gasteiger partial charge in [0.15, 0.2) is 0 Å². The third kappa shape index (κ3) is 2.14. The van der Waals surface area contributed by atoms with E-state index in [0.717, 1.165) is 30.7 Å². The molecular weight excluding hydrogens is 196 g/mol. The van der Waals surface area contributed by atoms with E-state index < -0.39 is 0 Å². The third-order valence-corrected chi connectivity index (χ3v) is 5.52. The number of hydrogen-bond donors (Lipinski definition) is 1. The number of hydrogen-bond acceptors (Lipinski definition) is 2. The van der Waals surface area contributed by atoms with Crippen LogP contribution in [-0.2, 0) is 0 Å². The van der Waals surface area contributed by atoms with Crippen molar-refractivity contribution in [2.75, 3.05) is 20.1 Å². The molecule has 2 aliphatic carbocycles. The van der Waals surface area contributed by atoms with Gasteiger partial charge in [-0.1, -0.05) is 13.3 Å². The quantitative estimate of drug-likeness (QED) is 0.777. The summed E-state index contributed by atoms with van der Waals surface area (Å²) in [6.45, 7) is 6.61. The van der Waals surface area contributed by atoms with Crippen LogP contribution in [0.25, 0.3) is 0 Å². The van der Waals surface area contributed by atoms with Gasteiger partial charge in [0, 0.05) is 18.6 Å². The van der Waals surface area contributed by atoms with Crippen molar-refractivity contribution in [3.8, 4) is 0 Å². The van der Waals surface area contributed by atoms with Gasteiger partial charge in [0.05, 0.1) is 0 Å². The second kappa shape index (κ2) is 4.66. The molecule has 4 atom stereocenters. The van der Waals surface area contributed by atoms with E-state index in [-0.39, 0.29) is 5.54 Å². The van der Waals surface area contributed by atoms with Crippen LogP contribution in [-0.4, -0.2) is 30.6 Å². The first-order valence-corrected chi connectivity index (χ1v) is 7.00. The second-order valence-electron chi connectivity index (χ2n) is 6.37. The van der Waals surface area contributed by atoms with E-state index in [9.17, 15) is 0 Å². The lowest BCUT2D eigenvalue weighted by Crippen LogP contribution is -2.51. The summed E-state index contributed by atoms with van der Waals surface area (Å²) in [4.78, 5) is 2.53. The fourth-order valence-corrected chi connectivity index (χ4v) is 3.74. The zero-order valence-corrected chi connectivity index (χ0v) is 11.2. The number of likely N-dealkylation sites (N-methyl/N-ethyl adjacent to an activating group) is 1. The molecule has 0 spiro atoms. The van der Waals surface area contributed by atoms with E-state index in [0.29, 0.717) is 0 Å². The second-order valence-corrected chi connectivity index (χ2v) is 6.37. The molecule has 2 N–H and O–H groups in total. The molecule has 0 amide bonds. The predicted molar refractivity (Wildman–Crippen MR) is 69.3 cm³/mol. The van der Waals surface area contributed by atoms with Gasteiger partial charge in [-0.3, -0.25) is 4.90 Å². The monoisotopic (exact) mass is 224 g/mol. The Morgan fingerprint density at radius 1 is 1.31 bits per heavy atom. The van der Waals surface area contributed by atoms with E-state index in [1.54, 1.807) is 0 Å². The fourth-order valence-electron chi connectivity index (χ4n) is 3.74. The molecule has 2 rings (SSSR count). The van der Waals surface area contributed by atoms with Crippen molar-refractivity contribution in [2.45, 2.75) is 51.5 Å². The van der Waals surface area contributed by atoms with E-state index in [1.807, 2.05) is 0 Å². The SMILES string of the molecule is CCC(C)(CN)N(C)CC1CC2CCC1C2. The molecule has 2 fully saturated rings. The Kier molecular flexibility index (Phi) is 3.60. The first kappa shape index (κ1) is 12.4. The Bertz CT molecular complexity index is 235. The summed E-state index contributed by atoms with van der Waals surface area (Å²) < 4.78 is 0. The number of rotatable bonds is 5. The molecule has 0 aromatic rings. The van der Waals surface area contributed by atoms with E-state index in [2.05, 4.69) is 25.8 Å². The van der Waals surface area contributed by atoms with Crippen LogP contribution < -0.4 is 5.73 Å². The Balaban J connectivity index is 1.89. The Morgan fingerprint density at radius 2 is 2.06 bits per heavy atom.